The summed E-state index contributed by atoms with van der Waals surface area (Å²) < 4.78 is 9.79. The number of hydrogen-bond acceptors (Lipinski definition) is 6. The third kappa shape index (κ3) is 7.18. The first-order valence-corrected chi connectivity index (χ1v) is 6.31. The fourth-order valence-corrected chi connectivity index (χ4v) is 1.30. The van der Waals surface area contributed by atoms with Gasteiger partial charge >= 0.3 is 0 Å². The molecule has 0 fully saturated rings. The Morgan fingerprint density at radius 2 is 2.00 bits per heavy atom. The third-order valence-electron chi connectivity index (χ3n) is 2.31. The summed E-state index contributed by atoms with van der Waals surface area (Å²) in [7, 11) is 1.54. The first-order valence-electron chi connectivity index (χ1n) is 6.31. The Bertz CT molecular complexity index is 496. The van der Waals surface area contributed by atoms with Crippen molar-refractivity contribution in [2.24, 2.45) is 0 Å². The molecule has 1 aromatic rings. The number of H-pyrrole nitrogens is 1. The van der Waals surface area contributed by atoms with E-state index in [0.29, 0.717) is 13.2 Å². The van der Waals surface area contributed by atoms with Gasteiger partial charge in [-0.25, -0.2) is 5.10 Å². The van der Waals surface area contributed by atoms with Crippen molar-refractivity contribution < 1.29 is 19.1 Å². The zero-order chi connectivity index (χ0) is 15.5. The van der Waals surface area contributed by atoms with Gasteiger partial charge in [0.25, 0.3) is 11.5 Å². The summed E-state index contributed by atoms with van der Waals surface area (Å²) in [5, 5.41) is 10.9. The SMILES string of the molecule is COCCOCC(=O)NCCNC(=O)c1ccc(=O)[nH]n1. The number of carbonyl (C=O) groups is 2. The average molecular weight is 298 g/mol. The second-order valence-corrected chi connectivity index (χ2v) is 3.96. The molecule has 0 aliphatic rings. The molecule has 2 amide bonds. The fraction of sp³-hybridized carbons (Fsp3) is 0.500. The molecule has 0 aromatic carbocycles. The Morgan fingerprint density at radius 3 is 2.67 bits per heavy atom. The predicted molar refractivity (Wildman–Crippen MR) is 72.9 cm³/mol. The van der Waals surface area contributed by atoms with Crippen LogP contribution in [0.5, 0.6) is 0 Å². The molecule has 9 heteroatoms. The van der Waals surface area contributed by atoms with Gasteiger partial charge in [0.1, 0.15) is 12.3 Å². The summed E-state index contributed by atoms with van der Waals surface area (Å²) in [5.41, 5.74) is -0.281. The topological polar surface area (TPSA) is 122 Å². The van der Waals surface area contributed by atoms with E-state index in [2.05, 4.69) is 20.8 Å². The maximum atomic E-state index is 11.6. The molecule has 0 radical (unpaired) electrons. The lowest BCUT2D eigenvalue weighted by molar-refractivity contribution is -0.126. The van der Waals surface area contributed by atoms with Crippen molar-refractivity contribution in [2.45, 2.75) is 0 Å². The monoisotopic (exact) mass is 298 g/mol. The Kier molecular flexibility index (Phi) is 7.69. The van der Waals surface area contributed by atoms with Gasteiger partial charge in [-0.1, -0.05) is 0 Å². The molecular weight excluding hydrogens is 280 g/mol. The van der Waals surface area contributed by atoms with E-state index in [4.69, 9.17) is 9.47 Å². The number of methoxy groups -OCH3 is 1. The van der Waals surface area contributed by atoms with Crippen LogP contribution in [0.25, 0.3) is 0 Å². The van der Waals surface area contributed by atoms with Crippen LogP contribution >= 0.6 is 0 Å². The second-order valence-electron chi connectivity index (χ2n) is 3.96. The van der Waals surface area contributed by atoms with E-state index in [0.717, 1.165) is 0 Å². The standard InChI is InChI=1S/C12H18N4O5/c1-20-6-7-21-8-11(18)13-4-5-14-12(19)9-2-3-10(17)16-15-9/h2-3H,4-8H2,1H3,(H,13,18)(H,14,19)(H,16,17). The highest BCUT2D eigenvalue weighted by Crippen LogP contribution is 1.87. The summed E-state index contributed by atoms with van der Waals surface area (Å²) in [6.45, 7) is 1.22. The molecule has 0 spiro atoms. The van der Waals surface area contributed by atoms with Gasteiger partial charge in [-0.3, -0.25) is 14.4 Å². The van der Waals surface area contributed by atoms with E-state index in [1.165, 1.54) is 12.1 Å². The third-order valence-corrected chi connectivity index (χ3v) is 2.31. The van der Waals surface area contributed by atoms with Gasteiger partial charge in [0.2, 0.25) is 5.91 Å². The van der Waals surface area contributed by atoms with Gasteiger partial charge in [-0.15, -0.1) is 0 Å². The van der Waals surface area contributed by atoms with Crippen LogP contribution in [0, 0.1) is 0 Å². The molecule has 0 aliphatic heterocycles. The molecule has 0 atom stereocenters. The molecule has 21 heavy (non-hydrogen) atoms. The number of carbonyl (C=O) groups excluding carboxylic acids is 2. The quantitative estimate of drug-likeness (QED) is 0.466. The number of nitrogens with zero attached hydrogens (tertiary/aromatic N) is 1. The summed E-state index contributed by atoms with van der Waals surface area (Å²) in [5.74, 6) is -0.709. The summed E-state index contributed by atoms with van der Waals surface area (Å²) in [6.07, 6.45) is 0. The first kappa shape index (κ1) is 16.8. The van der Waals surface area contributed by atoms with Crippen LogP contribution in [0.1, 0.15) is 10.5 Å². The summed E-state index contributed by atoms with van der Waals surface area (Å²) in [6, 6.07) is 2.53. The summed E-state index contributed by atoms with van der Waals surface area (Å²) >= 11 is 0. The highest BCUT2D eigenvalue weighted by atomic mass is 16.5. The van der Waals surface area contributed by atoms with E-state index >= 15 is 0 Å². The predicted octanol–water partition coefficient (Wildman–Crippen LogP) is -1.72. The fourth-order valence-electron chi connectivity index (χ4n) is 1.30. The van der Waals surface area contributed by atoms with Crippen molar-refractivity contribution in [1.29, 1.82) is 0 Å². The molecule has 0 unspecified atom stereocenters. The van der Waals surface area contributed by atoms with E-state index in [9.17, 15) is 14.4 Å². The minimum Gasteiger partial charge on any atom is -0.382 e. The zero-order valence-electron chi connectivity index (χ0n) is 11.7. The van der Waals surface area contributed by atoms with E-state index in [-0.39, 0.29) is 36.9 Å². The lowest BCUT2D eigenvalue weighted by Gasteiger charge is -2.07. The van der Waals surface area contributed by atoms with Gasteiger partial charge in [0, 0.05) is 26.3 Å². The highest BCUT2D eigenvalue weighted by molar-refractivity contribution is 5.91. The average Bonchev–Trinajstić information content (AvgIpc) is 2.48. The molecule has 3 N–H and O–H groups in total. The minimum absolute atomic E-state index is 0.0568. The molecule has 0 aliphatic carbocycles. The number of aromatic amines is 1. The second kappa shape index (κ2) is 9.61. The van der Waals surface area contributed by atoms with Gasteiger partial charge in [0.05, 0.1) is 13.2 Å². The van der Waals surface area contributed by atoms with Gasteiger partial charge in [0.15, 0.2) is 0 Å². The number of amides is 2. The molecule has 1 heterocycles. The zero-order valence-corrected chi connectivity index (χ0v) is 11.7. The molecule has 9 nitrogen and oxygen atoms in total. The molecule has 116 valence electrons. The van der Waals surface area contributed by atoms with Gasteiger partial charge < -0.3 is 20.1 Å². The van der Waals surface area contributed by atoms with Crippen molar-refractivity contribution >= 4 is 11.8 Å². The molecule has 0 bridgehead atoms. The Balaban J connectivity index is 2.13. The Hall–Kier alpha value is -2.26. The number of rotatable bonds is 9. The molecular formula is C12H18N4O5. The number of nitrogens with one attached hydrogen (secondary N) is 3. The van der Waals surface area contributed by atoms with Crippen LogP contribution < -0.4 is 16.2 Å². The Labute approximate surface area is 121 Å². The molecule has 1 rings (SSSR count). The van der Waals surface area contributed by atoms with Crippen LogP contribution in [-0.4, -0.2) is 62.0 Å². The largest absolute Gasteiger partial charge is 0.382 e. The van der Waals surface area contributed by atoms with Crippen LogP contribution in [0.4, 0.5) is 0 Å². The molecule has 0 saturated carbocycles. The maximum absolute atomic E-state index is 11.6. The Morgan fingerprint density at radius 1 is 1.24 bits per heavy atom. The van der Waals surface area contributed by atoms with Crippen molar-refractivity contribution in [2.75, 3.05) is 40.0 Å². The minimum atomic E-state index is -0.433. The van der Waals surface area contributed by atoms with E-state index in [1.807, 2.05) is 0 Å². The van der Waals surface area contributed by atoms with Crippen LogP contribution in [0.2, 0.25) is 0 Å². The smallest absolute Gasteiger partial charge is 0.271 e. The first-order chi connectivity index (χ1) is 10.1. The lowest BCUT2D eigenvalue weighted by Crippen LogP contribution is -2.36. The van der Waals surface area contributed by atoms with E-state index < -0.39 is 5.91 Å². The van der Waals surface area contributed by atoms with E-state index in [1.54, 1.807) is 7.11 Å². The van der Waals surface area contributed by atoms with Gasteiger partial charge in [-0.2, -0.15) is 5.10 Å². The maximum Gasteiger partial charge on any atom is 0.271 e. The van der Waals surface area contributed by atoms with Crippen molar-refractivity contribution in [3.05, 3.63) is 28.2 Å². The van der Waals surface area contributed by atoms with Crippen molar-refractivity contribution in [3.63, 3.8) is 0 Å². The van der Waals surface area contributed by atoms with Crippen molar-refractivity contribution in [1.82, 2.24) is 20.8 Å². The lowest BCUT2D eigenvalue weighted by atomic mass is 10.3. The molecule has 0 saturated heterocycles. The number of ether oxygens (including phenoxy) is 2. The summed E-state index contributed by atoms with van der Waals surface area (Å²) in [4.78, 5) is 33.7. The molecule has 1 aromatic heterocycles. The van der Waals surface area contributed by atoms with Crippen molar-refractivity contribution in [3.8, 4) is 0 Å². The number of hydrogen-bond donors (Lipinski definition) is 3. The normalized spacial score (nSPS) is 10.1. The van der Waals surface area contributed by atoms with Crippen LogP contribution in [0.3, 0.4) is 0 Å². The van der Waals surface area contributed by atoms with Gasteiger partial charge in [-0.05, 0) is 6.07 Å². The number of aromatic nitrogens is 2. The highest BCUT2D eigenvalue weighted by Gasteiger charge is 2.06. The van der Waals surface area contributed by atoms with Crippen LogP contribution in [-0.2, 0) is 14.3 Å². The van der Waals surface area contributed by atoms with Crippen LogP contribution in [0.15, 0.2) is 16.9 Å².